The maximum atomic E-state index is 10.6. The number of carbonyl (C=O) groups is 4. The molecule has 3 fully saturated rings. The van der Waals surface area contributed by atoms with E-state index in [2.05, 4.69) is 32.8 Å². The Hall–Kier alpha value is -4.17. The number of halogens is 12. The van der Waals surface area contributed by atoms with Gasteiger partial charge in [-0.25, -0.2) is 24.2 Å². The first-order valence-corrected chi connectivity index (χ1v) is 14.5. The number of aromatic nitrogens is 1. The van der Waals surface area contributed by atoms with E-state index in [0.29, 0.717) is 18.2 Å². The van der Waals surface area contributed by atoms with E-state index in [0.717, 1.165) is 58.2 Å². The van der Waals surface area contributed by atoms with Gasteiger partial charge >= 0.3 is 48.6 Å². The fourth-order valence-corrected chi connectivity index (χ4v) is 4.63. The molecule has 4 rings (SSSR count). The summed E-state index contributed by atoms with van der Waals surface area (Å²) in [5, 5.41) is 28.5. The van der Waals surface area contributed by atoms with E-state index in [4.69, 9.17) is 49.1 Å². The maximum Gasteiger partial charge on any atom is 0.490 e. The highest BCUT2D eigenvalue weighted by atomic mass is 19.4. The van der Waals surface area contributed by atoms with Gasteiger partial charge < -0.3 is 34.8 Å². The molecule has 0 aromatic carbocycles. The van der Waals surface area contributed by atoms with Crippen LogP contribution in [0.5, 0.6) is 5.88 Å². The van der Waals surface area contributed by atoms with Gasteiger partial charge in [0.2, 0.25) is 5.88 Å². The fraction of sp³-hybridized carbons (Fsp3) is 0.667. The summed E-state index contributed by atoms with van der Waals surface area (Å²) in [5.74, 6) is -10.3. The largest absolute Gasteiger partial charge is 0.490 e. The molecular formula is C27H34F12N4O10. The number of fused-ring (bicyclic) bond motifs is 1. The minimum Gasteiger partial charge on any atom is -0.481 e. The van der Waals surface area contributed by atoms with Gasteiger partial charge in [-0.05, 0) is 26.0 Å². The molecule has 0 unspecified atom stereocenters. The summed E-state index contributed by atoms with van der Waals surface area (Å²) >= 11 is 0. The minimum atomic E-state index is -5.08. The topological polar surface area (TPSA) is 190 Å². The van der Waals surface area contributed by atoms with Crippen molar-refractivity contribution in [1.29, 1.82) is 0 Å². The molecule has 0 radical (unpaired) electrons. The zero-order chi connectivity index (χ0) is 41.5. The van der Waals surface area contributed by atoms with E-state index in [1.807, 2.05) is 6.07 Å². The molecule has 3 saturated heterocycles. The normalized spacial score (nSPS) is 21.0. The van der Waals surface area contributed by atoms with Gasteiger partial charge in [0.1, 0.15) is 0 Å². The summed E-state index contributed by atoms with van der Waals surface area (Å²) in [5.41, 5.74) is 1.17. The molecule has 4 heterocycles. The summed E-state index contributed by atoms with van der Waals surface area (Å²) in [6.45, 7) is 7.50. The standard InChI is InChI=1S/C19H30N4O2.4C2HF3O2/c1-21-8-10-22(11-9-21)17-14-23(16-6-4-12-25-18(16)17)13-15-5-3-7-20-19(15)24-2;4*3-2(4,5)1(6)7/h3,5,7,16-18H,4,6,8-14H2,1-2H3;4*(H,6,7)/t16-,17-,18+;;;;/m0..../s1. The Morgan fingerprint density at radius 3 is 1.57 bits per heavy atom. The van der Waals surface area contributed by atoms with Crippen molar-refractivity contribution in [3.63, 3.8) is 0 Å². The second-order valence-electron chi connectivity index (χ2n) is 10.8. The number of rotatable bonds is 4. The molecule has 0 spiro atoms. The van der Waals surface area contributed by atoms with Crippen molar-refractivity contribution in [2.75, 3.05) is 53.5 Å². The van der Waals surface area contributed by atoms with Gasteiger partial charge in [-0.1, -0.05) is 6.07 Å². The third kappa shape index (κ3) is 18.4. The molecule has 14 nitrogen and oxygen atoms in total. The van der Waals surface area contributed by atoms with Gasteiger partial charge in [0, 0.05) is 63.7 Å². The van der Waals surface area contributed by atoms with Crippen molar-refractivity contribution in [3.05, 3.63) is 23.9 Å². The zero-order valence-corrected chi connectivity index (χ0v) is 27.4. The van der Waals surface area contributed by atoms with Crippen molar-refractivity contribution in [1.82, 2.24) is 19.7 Å². The van der Waals surface area contributed by atoms with E-state index >= 15 is 0 Å². The van der Waals surface area contributed by atoms with Crippen LogP contribution >= 0.6 is 0 Å². The second kappa shape index (κ2) is 20.9. The van der Waals surface area contributed by atoms with Crippen LogP contribution in [0.25, 0.3) is 0 Å². The van der Waals surface area contributed by atoms with Crippen molar-refractivity contribution in [3.8, 4) is 5.88 Å². The Kier molecular flexibility index (Phi) is 19.3. The molecule has 1 aromatic heterocycles. The Morgan fingerprint density at radius 1 is 0.774 bits per heavy atom. The van der Waals surface area contributed by atoms with Crippen LogP contribution in [0.2, 0.25) is 0 Å². The highest BCUT2D eigenvalue weighted by Gasteiger charge is 2.47. The van der Waals surface area contributed by atoms with Crippen molar-refractivity contribution >= 4 is 23.9 Å². The van der Waals surface area contributed by atoms with E-state index in [-0.39, 0.29) is 0 Å². The lowest BCUT2D eigenvalue weighted by atomic mass is 9.99. The number of hydrogen-bond donors (Lipinski definition) is 4. The minimum absolute atomic E-state index is 0.347. The Bertz CT molecular complexity index is 1230. The van der Waals surface area contributed by atoms with Crippen molar-refractivity contribution in [2.45, 2.75) is 62.3 Å². The SMILES string of the molecule is COc1ncccc1CN1C[C@H](N2CCN(C)CC2)[C@@H]2OCCC[C@@H]21.O=C(O)C(F)(F)F.O=C(O)C(F)(F)F.O=C(O)C(F)(F)F.O=C(O)C(F)(F)F. The Labute approximate surface area is 291 Å². The quantitative estimate of drug-likeness (QED) is 0.323. The number of nitrogens with zero attached hydrogens (tertiary/aromatic N) is 4. The van der Waals surface area contributed by atoms with Gasteiger partial charge in [-0.15, -0.1) is 0 Å². The zero-order valence-electron chi connectivity index (χ0n) is 27.4. The molecule has 26 heteroatoms. The number of piperazine rings is 1. The third-order valence-corrected chi connectivity index (χ3v) is 7.00. The molecule has 0 amide bonds. The number of ether oxygens (including phenoxy) is 2. The van der Waals surface area contributed by atoms with Gasteiger partial charge in [-0.2, -0.15) is 52.7 Å². The summed E-state index contributed by atoms with van der Waals surface area (Å²) in [6, 6.07) is 5.17. The summed E-state index contributed by atoms with van der Waals surface area (Å²) in [7, 11) is 3.92. The first-order chi connectivity index (χ1) is 24.0. The molecule has 0 bridgehead atoms. The molecule has 1 aromatic rings. The van der Waals surface area contributed by atoms with Crippen LogP contribution in [0, 0.1) is 0 Å². The lowest BCUT2D eigenvalue weighted by Crippen LogP contribution is -2.54. The number of aliphatic carboxylic acids is 4. The number of likely N-dealkylation sites (tertiary alicyclic amines) is 1. The van der Waals surface area contributed by atoms with Crippen LogP contribution in [-0.2, 0) is 30.5 Å². The first-order valence-electron chi connectivity index (χ1n) is 14.5. The average molecular weight is 803 g/mol. The van der Waals surface area contributed by atoms with E-state index in [1.54, 1.807) is 13.3 Å². The maximum absolute atomic E-state index is 10.6. The predicted octanol–water partition coefficient (Wildman–Crippen LogP) is 3.60. The monoisotopic (exact) mass is 802 g/mol. The van der Waals surface area contributed by atoms with Gasteiger partial charge in [0.25, 0.3) is 0 Å². The molecule has 0 saturated carbocycles. The average Bonchev–Trinajstić information content (AvgIpc) is 3.39. The van der Waals surface area contributed by atoms with Crippen molar-refractivity contribution < 1.29 is 102 Å². The number of carboxylic acid groups (broad SMARTS) is 4. The summed E-state index contributed by atoms with van der Waals surface area (Å²) < 4.78 is 139. The summed E-state index contributed by atoms with van der Waals surface area (Å²) in [6.07, 6.45) is -15.8. The molecule has 0 aliphatic carbocycles. The lowest BCUT2D eigenvalue weighted by molar-refractivity contribution is -0.193. The number of likely N-dealkylation sites (N-methyl/N-ethyl adjacent to an activating group) is 1. The highest BCUT2D eigenvalue weighted by Crippen LogP contribution is 2.34. The fourth-order valence-electron chi connectivity index (χ4n) is 4.63. The van der Waals surface area contributed by atoms with Gasteiger partial charge in [0.05, 0.1) is 19.3 Å². The van der Waals surface area contributed by atoms with E-state index in [1.165, 1.54) is 12.0 Å². The smallest absolute Gasteiger partial charge is 0.481 e. The van der Waals surface area contributed by atoms with Crippen LogP contribution in [0.1, 0.15) is 18.4 Å². The highest BCUT2D eigenvalue weighted by molar-refractivity contribution is 5.74. The molecule has 306 valence electrons. The molecule has 4 N–H and O–H groups in total. The molecule has 3 aliphatic heterocycles. The number of methoxy groups -OCH3 is 1. The number of hydrogen-bond acceptors (Lipinski definition) is 10. The Balaban J connectivity index is 0.000000791. The molecule has 3 atom stereocenters. The third-order valence-electron chi connectivity index (χ3n) is 7.00. The molecular weight excluding hydrogens is 768 g/mol. The van der Waals surface area contributed by atoms with Crippen LogP contribution < -0.4 is 4.74 Å². The number of carboxylic acids is 4. The van der Waals surface area contributed by atoms with Crippen LogP contribution in [0.15, 0.2) is 18.3 Å². The van der Waals surface area contributed by atoms with Gasteiger partial charge in [0.15, 0.2) is 0 Å². The van der Waals surface area contributed by atoms with Crippen LogP contribution in [0.3, 0.4) is 0 Å². The van der Waals surface area contributed by atoms with Crippen molar-refractivity contribution in [2.24, 2.45) is 0 Å². The lowest BCUT2D eigenvalue weighted by Gasteiger charge is -2.39. The molecule has 53 heavy (non-hydrogen) atoms. The van der Waals surface area contributed by atoms with Crippen LogP contribution in [-0.4, -0.2) is 160 Å². The van der Waals surface area contributed by atoms with Crippen LogP contribution in [0.4, 0.5) is 52.7 Å². The predicted molar refractivity (Wildman–Crippen MR) is 152 cm³/mol. The first kappa shape index (κ1) is 48.8. The van der Waals surface area contributed by atoms with E-state index in [9.17, 15) is 52.7 Å². The van der Waals surface area contributed by atoms with Gasteiger partial charge in [-0.3, -0.25) is 9.80 Å². The Morgan fingerprint density at radius 2 is 1.19 bits per heavy atom. The molecule has 3 aliphatic rings. The number of pyridine rings is 1. The summed E-state index contributed by atoms with van der Waals surface area (Å²) in [4.78, 5) is 47.6. The number of alkyl halides is 12. The second-order valence-corrected chi connectivity index (χ2v) is 10.8. The van der Waals surface area contributed by atoms with E-state index < -0.39 is 48.6 Å².